The second-order valence-corrected chi connectivity index (χ2v) is 6.18. The van der Waals surface area contributed by atoms with Crippen LogP contribution in [0.15, 0.2) is 0 Å². The van der Waals surface area contributed by atoms with E-state index in [1.807, 2.05) is 5.32 Å². The number of nitrogens with two attached hydrogens (primary N) is 3. The number of aliphatic hydroxyl groups excluding tert-OH is 1. The second kappa shape index (κ2) is 12.2. The third-order valence-corrected chi connectivity index (χ3v) is 3.56. The number of hydrogen-bond donors (Lipinski definition) is 8. The topological polar surface area (TPSA) is 257 Å². The second-order valence-electron chi connectivity index (χ2n) is 6.18. The van der Waals surface area contributed by atoms with E-state index >= 15 is 0 Å². The Labute approximate surface area is 165 Å². The lowest BCUT2D eigenvalue weighted by Gasteiger charge is -2.22. The normalized spacial score (nSPS) is 14.6. The van der Waals surface area contributed by atoms with Gasteiger partial charge in [-0.15, -0.1) is 0 Å². The third kappa shape index (κ3) is 10.6. The average Bonchev–Trinajstić information content (AvgIpc) is 2.59. The number of carboxylic acids is 1. The molecule has 0 spiro atoms. The van der Waals surface area contributed by atoms with Gasteiger partial charge < -0.3 is 43.4 Å². The molecule has 4 atom stereocenters. The van der Waals surface area contributed by atoms with Crippen LogP contribution in [-0.2, 0) is 28.8 Å². The molecule has 0 radical (unpaired) electrons. The quantitative estimate of drug-likeness (QED) is 0.142. The van der Waals surface area contributed by atoms with Crippen LogP contribution in [0.25, 0.3) is 0 Å². The van der Waals surface area contributed by atoms with Crippen LogP contribution in [-0.4, -0.2) is 76.5 Å². The van der Waals surface area contributed by atoms with Gasteiger partial charge in [0.1, 0.15) is 6.04 Å². The zero-order valence-electron chi connectivity index (χ0n) is 15.7. The van der Waals surface area contributed by atoms with Crippen LogP contribution in [0.4, 0.5) is 0 Å². The summed E-state index contributed by atoms with van der Waals surface area (Å²) in [5, 5.41) is 24.8. The minimum Gasteiger partial charge on any atom is -0.480 e. The summed E-state index contributed by atoms with van der Waals surface area (Å²) in [4.78, 5) is 68.7. The molecule has 0 heterocycles. The summed E-state index contributed by atoms with van der Waals surface area (Å²) in [6, 6.07) is -4.29. The molecule has 0 aromatic heterocycles. The number of hydrogen-bond acceptors (Lipinski definition) is 8. The molecule has 0 aromatic rings. The molecule has 4 unspecified atom stereocenters. The van der Waals surface area contributed by atoms with Crippen molar-refractivity contribution >= 4 is 35.5 Å². The van der Waals surface area contributed by atoms with Gasteiger partial charge >= 0.3 is 5.97 Å². The number of rotatable bonds is 13. The van der Waals surface area contributed by atoms with Gasteiger partial charge in [-0.1, -0.05) is 0 Å². The van der Waals surface area contributed by atoms with E-state index in [9.17, 15) is 33.9 Å². The molecule has 0 aliphatic rings. The maximum absolute atomic E-state index is 12.3. The first-order chi connectivity index (χ1) is 13.3. The van der Waals surface area contributed by atoms with Crippen molar-refractivity contribution < 1.29 is 39.0 Å². The molecule has 0 rings (SSSR count). The van der Waals surface area contributed by atoms with Crippen LogP contribution in [0.5, 0.6) is 0 Å². The van der Waals surface area contributed by atoms with E-state index in [0.717, 1.165) is 6.92 Å². The van der Waals surface area contributed by atoms with E-state index in [-0.39, 0.29) is 12.8 Å². The molecule has 14 heteroatoms. The van der Waals surface area contributed by atoms with Crippen molar-refractivity contribution in [2.75, 3.05) is 6.54 Å². The number of aliphatic hydroxyl groups is 1. The van der Waals surface area contributed by atoms with Crippen LogP contribution in [0.2, 0.25) is 0 Å². The summed E-state index contributed by atoms with van der Waals surface area (Å²) in [6.07, 6.45) is -2.43. The van der Waals surface area contributed by atoms with Gasteiger partial charge in [-0.2, -0.15) is 0 Å². The molecule has 0 saturated heterocycles. The number of aliphatic carboxylic acids is 1. The predicted molar refractivity (Wildman–Crippen MR) is 96.4 cm³/mol. The molecular weight excluding hydrogens is 392 g/mol. The monoisotopic (exact) mass is 418 g/mol. The fourth-order valence-electron chi connectivity index (χ4n) is 2.05. The molecule has 0 aromatic carbocycles. The SMILES string of the molecule is CC(O)C(NC(=O)C(CCC(N)=O)NC(=O)CNC(=O)C(N)CC(N)=O)C(=O)O. The zero-order valence-corrected chi connectivity index (χ0v) is 15.7. The highest BCUT2D eigenvalue weighted by Gasteiger charge is 2.29. The summed E-state index contributed by atoms with van der Waals surface area (Å²) in [5.74, 6) is -5.77. The number of carbonyl (C=O) groups excluding carboxylic acids is 5. The average molecular weight is 418 g/mol. The highest BCUT2D eigenvalue weighted by Crippen LogP contribution is 2.01. The largest absolute Gasteiger partial charge is 0.480 e. The molecule has 0 aliphatic heterocycles. The molecule has 0 saturated carbocycles. The highest BCUT2D eigenvalue weighted by molar-refractivity contribution is 5.93. The maximum atomic E-state index is 12.3. The van der Waals surface area contributed by atoms with Crippen molar-refractivity contribution in [3.8, 4) is 0 Å². The van der Waals surface area contributed by atoms with E-state index in [0.29, 0.717) is 0 Å². The maximum Gasteiger partial charge on any atom is 0.328 e. The first-order valence-corrected chi connectivity index (χ1v) is 8.45. The van der Waals surface area contributed by atoms with Crippen molar-refractivity contribution in [3.05, 3.63) is 0 Å². The fraction of sp³-hybridized carbons (Fsp3) is 0.600. The Kier molecular flexibility index (Phi) is 10.9. The lowest BCUT2D eigenvalue weighted by atomic mass is 10.1. The van der Waals surface area contributed by atoms with Gasteiger partial charge in [-0.3, -0.25) is 24.0 Å². The van der Waals surface area contributed by atoms with Crippen LogP contribution in [0, 0.1) is 0 Å². The Hall–Kier alpha value is -3.26. The van der Waals surface area contributed by atoms with Gasteiger partial charge in [0.2, 0.25) is 29.5 Å². The molecule has 0 fully saturated rings. The molecular formula is C15H26N6O8. The predicted octanol–water partition coefficient (Wildman–Crippen LogP) is -4.99. The summed E-state index contributed by atoms with van der Waals surface area (Å²) in [7, 11) is 0. The molecule has 5 amide bonds. The minimum absolute atomic E-state index is 0.256. The molecule has 29 heavy (non-hydrogen) atoms. The molecule has 0 aliphatic carbocycles. The van der Waals surface area contributed by atoms with Crippen molar-refractivity contribution in [3.63, 3.8) is 0 Å². The van der Waals surface area contributed by atoms with Crippen molar-refractivity contribution in [2.24, 2.45) is 17.2 Å². The van der Waals surface area contributed by atoms with Crippen molar-refractivity contribution in [1.29, 1.82) is 0 Å². The summed E-state index contributed by atoms with van der Waals surface area (Å²) in [5.41, 5.74) is 15.3. The van der Waals surface area contributed by atoms with Gasteiger partial charge in [0.15, 0.2) is 6.04 Å². The van der Waals surface area contributed by atoms with Crippen LogP contribution in [0.1, 0.15) is 26.2 Å². The zero-order chi connectivity index (χ0) is 22.7. The number of amides is 5. The number of carbonyl (C=O) groups is 6. The van der Waals surface area contributed by atoms with Crippen molar-refractivity contribution in [1.82, 2.24) is 16.0 Å². The Morgan fingerprint density at radius 2 is 1.55 bits per heavy atom. The molecule has 0 bridgehead atoms. The number of nitrogens with one attached hydrogen (secondary N) is 3. The van der Waals surface area contributed by atoms with E-state index in [1.165, 1.54) is 0 Å². The number of primary amides is 2. The van der Waals surface area contributed by atoms with Crippen molar-refractivity contribution in [2.45, 2.75) is 50.4 Å². The van der Waals surface area contributed by atoms with E-state index < -0.39 is 72.7 Å². The lowest BCUT2D eigenvalue weighted by molar-refractivity contribution is -0.145. The molecule has 164 valence electrons. The van der Waals surface area contributed by atoms with Crippen LogP contribution in [0.3, 0.4) is 0 Å². The first kappa shape index (κ1) is 25.7. The summed E-state index contributed by atoms with van der Waals surface area (Å²) < 4.78 is 0. The van der Waals surface area contributed by atoms with Gasteiger partial charge in [-0.25, -0.2) is 4.79 Å². The standard InChI is InChI=1S/C15H26N6O8/c1-6(22)12(15(28)29)21-14(27)8(2-3-9(17)23)20-11(25)5-19-13(26)7(16)4-10(18)24/h6-8,12,22H,2-5,16H2,1H3,(H2,17,23)(H2,18,24)(H,19,26)(H,20,25)(H,21,27)(H,28,29). The Morgan fingerprint density at radius 3 is 2.00 bits per heavy atom. The van der Waals surface area contributed by atoms with Gasteiger partial charge in [0.05, 0.1) is 25.1 Å². The highest BCUT2D eigenvalue weighted by atomic mass is 16.4. The van der Waals surface area contributed by atoms with E-state index in [2.05, 4.69) is 10.6 Å². The molecule has 14 nitrogen and oxygen atoms in total. The Bertz CT molecular complexity index is 653. The molecule has 11 N–H and O–H groups in total. The lowest BCUT2D eigenvalue weighted by Crippen LogP contribution is -2.56. The van der Waals surface area contributed by atoms with E-state index in [4.69, 9.17) is 22.3 Å². The fourth-order valence-corrected chi connectivity index (χ4v) is 2.05. The van der Waals surface area contributed by atoms with Gasteiger partial charge in [0, 0.05) is 6.42 Å². The van der Waals surface area contributed by atoms with Gasteiger partial charge in [0.25, 0.3) is 0 Å². The summed E-state index contributed by atoms with van der Waals surface area (Å²) >= 11 is 0. The Balaban J connectivity index is 4.95. The third-order valence-electron chi connectivity index (χ3n) is 3.56. The summed E-state index contributed by atoms with van der Waals surface area (Å²) in [6.45, 7) is 0.519. The van der Waals surface area contributed by atoms with Crippen LogP contribution >= 0.6 is 0 Å². The Morgan fingerprint density at radius 1 is 0.966 bits per heavy atom. The van der Waals surface area contributed by atoms with Crippen LogP contribution < -0.4 is 33.2 Å². The smallest absolute Gasteiger partial charge is 0.328 e. The number of carboxylic acid groups (broad SMARTS) is 1. The van der Waals surface area contributed by atoms with Gasteiger partial charge in [-0.05, 0) is 13.3 Å². The first-order valence-electron chi connectivity index (χ1n) is 8.45. The van der Waals surface area contributed by atoms with E-state index in [1.54, 1.807) is 0 Å². The minimum atomic E-state index is -1.65.